The Labute approximate surface area is 107 Å². The van der Waals surface area contributed by atoms with Gasteiger partial charge in [-0.05, 0) is 20.3 Å². The van der Waals surface area contributed by atoms with Gasteiger partial charge in [-0.2, -0.15) is 0 Å². The lowest BCUT2D eigenvalue weighted by atomic mass is 9.89. The molecule has 1 fully saturated rings. The number of nitrogens with zero attached hydrogens (tertiary/aromatic N) is 1. The molecule has 0 aliphatic carbocycles. The van der Waals surface area contributed by atoms with Crippen LogP contribution in [0, 0.1) is 5.41 Å². The van der Waals surface area contributed by atoms with Gasteiger partial charge in [0.05, 0.1) is 16.9 Å². The normalized spacial score (nSPS) is 22.7. The lowest BCUT2D eigenvalue weighted by Gasteiger charge is -2.27. The third-order valence-electron chi connectivity index (χ3n) is 3.32. The average Bonchev–Trinajstić information content (AvgIpc) is 2.56. The summed E-state index contributed by atoms with van der Waals surface area (Å²) in [7, 11) is -1.51. The Bertz CT molecular complexity index is 454. The highest BCUT2D eigenvalue weighted by atomic mass is 32.2. The Morgan fingerprint density at radius 2 is 1.94 bits per heavy atom. The SMILES string of the molecule is CN(C(=O)CC(C)(C)C(=O)O)C1CCS(=O)(=O)C1. The highest BCUT2D eigenvalue weighted by Gasteiger charge is 2.36. The molecule has 1 amide bonds. The van der Waals surface area contributed by atoms with Gasteiger partial charge in [-0.1, -0.05) is 0 Å². The van der Waals surface area contributed by atoms with Crippen LogP contribution < -0.4 is 0 Å². The molecule has 1 aliphatic rings. The Morgan fingerprint density at radius 3 is 2.33 bits per heavy atom. The molecular weight excluding hydrogens is 258 g/mol. The van der Waals surface area contributed by atoms with Gasteiger partial charge in [0.1, 0.15) is 0 Å². The minimum atomic E-state index is -3.04. The maximum Gasteiger partial charge on any atom is 0.309 e. The van der Waals surface area contributed by atoms with Crippen molar-refractivity contribution >= 4 is 21.7 Å². The predicted molar refractivity (Wildman–Crippen MR) is 65.9 cm³/mol. The van der Waals surface area contributed by atoms with E-state index in [1.165, 1.54) is 25.8 Å². The van der Waals surface area contributed by atoms with Crippen LogP contribution in [0.1, 0.15) is 26.7 Å². The number of aliphatic carboxylic acids is 1. The molecule has 0 aromatic heterocycles. The summed E-state index contributed by atoms with van der Waals surface area (Å²) in [6, 6.07) is -0.327. The highest BCUT2D eigenvalue weighted by Crippen LogP contribution is 2.24. The van der Waals surface area contributed by atoms with Crippen LogP contribution in [-0.4, -0.2) is 54.9 Å². The van der Waals surface area contributed by atoms with Gasteiger partial charge in [0, 0.05) is 19.5 Å². The van der Waals surface area contributed by atoms with Crippen molar-refractivity contribution in [3.63, 3.8) is 0 Å². The van der Waals surface area contributed by atoms with Crippen LogP contribution >= 0.6 is 0 Å². The van der Waals surface area contributed by atoms with Crippen molar-refractivity contribution < 1.29 is 23.1 Å². The number of sulfone groups is 1. The molecule has 1 aliphatic heterocycles. The minimum absolute atomic E-state index is 0.0251. The first-order chi connectivity index (χ1) is 8.05. The van der Waals surface area contributed by atoms with Crippen LogP contribution in [0.25, 0.3) is 0 Å². The van der Waals surface area contributed by atoms with Crippen molar-refractivity contribution in [3.8, 4) is 0 Å². The molecule has 1 saturated heterocycles. The second-order valence-electron chi connectivity index (χ2n) is 5.43. The predicted octanol–water partition coefficient (Wildman–Crippen LogP) is 0.133. The van der Waals surface area contributed by atoms with Crippen molar-refractivity contribution in [2.24, 2.45) is 5.41 Å². The molecule has 1 unspecified atom stereocenters. The Morgan fingerprint density at radius 1 is 1.39 bits per heavy atom. The van der Waals surface area contributed by atoms with Crippen LogP contribution in [-0.2, 0) is 19.4 Å². The van der Waals surface area contributed by atoms with Crippen LogP contribution in [0.4, 0.5) is 0 Å². The fraction of sp³-hybridized carbons (Fsp3) is 0.818. The first kappa shape index (κ1) is 14.9. The van der Waals surface area contributed by atoms with E-state index in [1.54, 1.807) is 0 Å². The molecule has 1 atom stereocenters. The molecule has 18 heavy (non-hydrogen) atoms. The number of rotatable bonds is 4. The number of carbonyl (C=O) groups excluding carboxylic acids is 1. The van der Waals surface area contributed by atoms with E-state index in [-0.39, 0.29) is 29.9 Å². The van der Waals surface area contributed by atoms with Crippen molar-refractivity contribution in [3.05, 3.63) is 0 Å². The zero-order valence-corrected chi connectivity index (χ0v) is 11.7. The Balaban J connectivity index is 2.66. The van der Waals surface area contributed by atoms with Crippen LogP contribution in [0.15, 0.2) is 0 Å². The quantitative estimate of drug-likeness (QED) is 0.788. The summed E-state index contributed by atoms with van der Waals surface area (Å²) < 4.78 is 22.7. The molecule has 1 N–H and O–H groups in total. The van der Waals surface area contributed by atoms with Crippen molar-refractivity contribution in [2.75, 3.05) is 18.6 Å². The maximum absolute atomic E-state index is 11.9. The number of carbonyl (C=O) groups is 2. The van der Waals surface area contributed by atoms with Crippen molar-refractivity contribution in [1.29, 1.82) is 0 Å². The fourth-order valence-electron chi connectivity index (χ4n) is 1.86. The summed E-state index contributed by atoms with van der Waals surface area (Å²) in [5.41, 5.74) is -1.14. The number of carboxylic acid groups (broad SMARTS) is 1. The molecule has 1 rings (SSSR count). The van der Waals surface area contributed by atoms with Gasteiger partial charge in [-0.3, -0.25) is 9.59 Å². The highest BCUT2D eigenvalue weighted by molar-refractivity contribution is 7.91. The number of amides is 1. The van der Waals surface area contributed by atoms with Crippen LogP contribution in [0.5, 0.6) is 0 Å². The van der Waals surface area contributed by atoms with Crippen LogP contribution in [0.2, 0.25) is 0 Å². The second kappa shape index (κ2) is 4.87. The molecule has 0 spiro atoms. The summed E-state index contributed by atoms with van der Waals surface area (Å²) in [6.45, 7) is 2.96. The fourth-order valence-corrected chi connectivity index (χ4v) is 3.64. The third kappa shape index (κ3) is 3.44. The van der Waals surface area contributed by atoms with E-state index in [1.807, 2.05) is 0 Å². The minimum Gasteiger partial charge on any atom is -0.481 e. The number of hydrogen-bond donors (Lipinski definition) is 1. The maximum atomic E-state index is 11.9. The van der Waals surface area contributed by atoms with Crippen LogP contribution in [0.3, 0.4) is 0 Å². The van der Waals surface area contributed by atoms with E-state index < -0.39 is 21.2 Å². The summed E-state index contributed by atoms with van der Waals surface area (Å²) in [5.74, 6) is -1.30. The van der Waals surface area contributed by atoms with Gasteiger partial charge < -0.3 is 10.0 Å². The van der Waals surface area contributed by atoms with E-state index in [2.05, 4.69) is 0 Å². The lowest BCUT2D eigenvalue weighted by molar-refractivity contribution is -0.151. The zero-order valence-electron chi connectivity index (χ0n) is 10.8. The number of hydrogen-bond acceptors (Lipinski definition) is 4. The van der Waals surface area contributed by atoms with Crippen molar-refractivity contribution in [1.82, 2.24) is 4.90 Å². The van der Waals surface area contributed by atoms with E-state index in [0.717, 1.165) is 0 Å². The van der Waals surface area contributed by atoms with Crippen molar-refractivity contribution in [2.45, 2.75) is 32.7 Å². The largest absolute Gasteiger partial charge is 0.481 e. The molecule has 104 valence electrons. The molecule has 1 heterocycles. The topological polar surface area (TPSA) is 91.8 Å². The average molecular weight is 277 g/mol. The zero-order chi connectivity index (χ0) is 14.1. The van der Waals surface area contributed by atoms with E-state index in [9.17, 15) is 18.0 Å². The molecule has 0 aromatic rings. The van der Waals surface area contributed by atoms with E-state index in [4.69, 9.17) is 5.11 Å². The summed E-state index contributed by atoms with van der Waals surface area (Å²) >= 11 is 0. The monoisotopic (exact) mass is 277 g/mol. The standard InChI is InChI=1S/C11H19NO5S/c1-11(2,10(14)15)6-9(13)12(3)8-4-5-18(16,17)7-8/h8H,4-7H2,1-3H3,(H,14,15). The van der Waals surface area contributed by atoms with Gasteiger partial charge in [0.25, 0.3) is 0 Å². The summed E-state index contributed by atoms with van der Waals surface area (Å²) in [5, 5.41) is 8.95. The summed E-state index contributed by atoms with van der Waals surface area (Å²) in [6.07, 6.45) is 0.299. The van der Waals surface area contributed by atoms with Gasteiger partial charge in [-0.25, -0.2) is 8.42 Å². The smallest absolute Gasteiger partial charge is 0.309 e. The first-order valence-corrected chi connectivity index (χ1v) is 7.57. The van der Waals surface area contributed by atoms with Gasteiger partial charge in [0.15, 0.2) is 9.84 Å². The third-order valence-corrected chi connectivity index (χ3v) is 5.07. The van der Waals surface area contributed by atoms with Gasteiger partial charge in [-0.15, -0.1) is 0 Å². The number of carboxylic acids is 1. The summed E-state index contributed by atoms with van der Waals surface area (Å²) in [4.78, 5) is 24.2. The van der Waals surface area contributed by atoms with Gasteiger partial charge >= 0.3 is 5.97 Å². The van der Waals surface area contributed by atoms with E-state index >= 15 is 0 Å². The molecule has 0 bridgehead atoms. The molecule has 7 heteroatoms. The molecule has 0 radical (unpaired) electrons. The Hall–Kier alpha value is -1.11. The first-order valence-electron chi connectivity index (χ1n) is 5.75. The molecular formula is C11H19NO5S. The molecule has 0 saturated carbocycles. The second-order valence-corrected chi connectivity index (χ2v) is 7.66. The van der Waals surface area contributed by atoms with Gasteiger partial charge in [0.2, 0.25) is 5.91 Å². The molecule has 0 aromatic carbocycles. The molecule has 6 nitrogen and oxygen atoms in total. The van der Waals surface area contributed by atoms with E-state index in [0.29, 0.717) is 6.42 Å². The Kier molecular flexibility index (Phi) is 4.05. The lowest BCUT2D eigenvalue weighted by Crippen LogP contribution is -2.41.